The Morgan fingerprint density at radius 1 is 0.975 bits per heavy atom. The monoisotopic (exact) mass is 535 g/mol. The van der Waals surface area contributed by atoms with Crippen molar-refractivity contribution < 1.29 is 24.2 Å². The van der Waals surface area contributed by atoms with Gasteiger partial charge in [0.15, 0.2) is 0 Å². The molecule has 0 spiro atoms. The molecule has 4 unspecified atom stereocenters. The van der Waals surface area contributed by atoms with Crippen molar-refractivity contribution >= 4 is 28.6 Å². The van der Waals surface area contributed by atoms with E-state index in [9.17, 15) is 19.5 Å². The van der Waals surface area contributed by atoms with Crippen molar-refractivity contribution in [1.82, 2.24) is 15.2 Å². The van der Waals surface area contributed by atoms with Crippen molar-refractivity contribution in [1.29, 1.82) is 0 Å². The first-order valence-electron chi connectivity index (χ1n) is 13.3. The number of ether oxygens (including phenoxy) is 1. The molecule has 4 atom stereocenters. The molecule has 0 saturated carbocycles. The van der Waals surface area contributed by atoms with Crippen LogP contribution in [0.3, 0.4) is 0 Å². The average Bonchev–Trinajstić information content (AvgIpc) is 3.45. The van der Waals surface area contributed by atoms with Crippen LogP contribution in [0.25, 0.3) is 10.8 Å². The minimum atomic E-state index is -1.70. The summed E-state index contributed by atoms with van der Waals surface area (Å²) in [6, 6.07) is 25.6. The number of likely N-dealkylation sites (tertiary alicyclic amines) is 1. The first kappa shape index (κ1) is 25.7. The summed E-state index contributed by atoms with van der Waals surface area (Å²) in [7, 11) is 1.53. The number of hydrogen-bond donors (Lipinski definition) is 2. The second-order valence-corrected chi connectivity index (χ2v) is 10.4. The molecule has 2 fully saturated rings. The van der Waals surface area contributed by atoms with Crippen LogP contribution in [0.2, 0.25) is 0 Å². The zero-order valence-corrected chi connectivity index (χ0v) is 22.0. The van der Waals surface area contributed by atoms with Gasteiger partial charge in [-0.15, -0.1) is 0 Å². The third kappa shape index (κ3) is 4.21. The third-order valence-electron chi connectivity index (χ3n) is 8.22. The topological polar surface area (TPSA) is 109 Å². The van der Waals surface area contributed by atoms with E-state index in [0.717, 1.165) is 22.0 Å². The maximum atomic E-state index is 14.0. The van der Waals surface area contributed by atoms with Gasteiger partial charge < -0.3 is 9.84 Å². The molecule has 8 nitrogen and oxygen atoms in total. The average molecular weight is 536 g/mol. The number of amides is 2. The Kier molecular flexibility index (Phi) is 6.56. The number of pyridine rings is 1. The first-order valence-corrected chi connectivity index (χ1v) is 13.3. The number of carboxylic acids is 1. The largest absolute Gasteiger partial charge is 0.496 e. The number of carboxylic acid groups (broad SMARTS) is 1. The molecule has 2 N–H and O–H groups in total. The zero-order chi connectivity index (χ0) is 27.9. The number of carbonyl (C=O) groups is 3. The number of aromatic nitrogens is 1. The Morgan fingerprint density at radius 3 is 2.48 bits per heavy atom. The Hall–Kier alpha value is -4.56. The van der Waals surface area contributed by atoms with Crippen molar-refractivity contribution in [2.75, 3.05) is 13.7 Å². The van der Waals surface area contributed by atoms with Gasteiger partial charge in [0.2, 0.25) is 11.8 Å². The van der Waals surface area contributed by atoms with Gasteiger partial charge in [-0.25, -0.2) is 0 Å². The molecule has 202 valence electrons. The van der Waals surface area contributed by atoms with Gasteiger partial charge in [-0.3, -0.25) is 29.6 Å². The Bertz CT molecular complexity index is 1610. The van der Waals surface area contributed by atoms with Crippen molar-refractivity contribution in [2.45, 2.75) is 24.4 Å². The van der Waals surface area contributed by atoms with Crippen molar-refractivity contribution in [3.05, 3.63) is 108 Å². The van der Waals surface area contributed by atoms with Crippen LogP contribution in [-0.4, -0.2) is 52.0 Å². The number of nitrogens with zero attached hydrogens (tertiary/aromatic N) is 2. The molecular weight excluding hydrogens is 506 g/mol. The lowest BCUT2D eigenvalue weighted by molar-refractivity contribution is -0.151. The fourth-order valence-electron chi connectivity index (χ4n) is 6.35. The molecule has 3 aromatic carbocycles. The maximum Gasteiger partial charge on any atom is 0.325 e. The van der Waals surface area contributed by atoms with Gasteiger partial charge >= 0.3 is 5.97 Å². The highest BCUT2D eigenvalue weighted by Gasteiger charge is 2.68. The maximum absolute atomic E-state index is 14.0. The van der Waals surface area contributed by atoms with Crippen LogP contribution in [0.15, 0.2) is 91.1 Å². The molecule has 40 heavy (non-hydrogen) atoms. The van der Waals surface area contributed by atoms with Gasteiger partial charge in [-0.05, 0) is 34.5 Å². The molecule has 2 aliphatic rings. The summed E-state index contributed by atoms with van der Waals surface area (Å²) in [5.74, 6) is -3.49. The normalized spacial score (nSPS) is 23.9. The van der Waals surface area contributed by atoms with E-state index in [0.29, 0.717) is 17.7 Å². The van der Waals surface area contributed by atoms with Gasteiger partial charge in [-0.1, -0.05) is 66.7 Å². The van der Waals surface area contributed by atoms with E-state index >= 15 is 0 Å². The van der Waals surface area contributed by atoms with Crippen molar-refractivity contribution in [3.8, 4) is 5.75 Å². The number of carbonyl (C=O) groups excluding carboxylic acids is 2. The highest BCUT2D eigenvalue weighted by molar-refractivity contribution is 6.09. The number of rotatable bonds is 8. The number of nitrogens with one attached hydrogen (secondary N) is 1. The number of hydrogen-bond acceptors (Lipinski definition) is 6. The summed E-state index contributed by atoms with van der Waals surface area (Å²) >= 11 is 0. The second-order valence-electron chi connectivity index (χ2n) is 10.4. The fraction of sp³-hybridized carbons (Fsp3) is 0.250. The summed E-state index contributed by atoms with van der Waals surface area (Å²) in [4.78, 5) is 46.7. The SMILES string of the molecule is COc1ccccc1C1NC(Cc2ccc3ccccc3c2)(C(=O)O)C2C(=O)N(CCc3ccccn3)C(=O)C12. The van der Waals surface area contributed by atoms with Crippen LogP contribution in [0.1, 0.15) is 22.9 Å². The predicted molar refractivity (Wildman–Crippen MR) is 149 cm³/mol. The van der Waals surface area contributed by atoms with E-state index in [1.165, 1.54) is 12.0 Å². The van der Waals surface area contributed by atoms with Gasteiger partial charge in [0.1, 0.15) is 11.3 Å². The number of aliphatic carboxylic acids is 1. The van der Waals surface area contributed by atoms with Crippen LogP contribution in [0.5, 0.6) is 5.75 Å². The summed E-state index contributed by atoms with van der Waals surface area (Å²) in [6.45, 7) is 0.131. The van der Waals surface area contributed by atoms with E-state index < -0.39 is 35.3 Å². The lowest BCUT2D eigenvalue weighted by Gasteiger charge is -2.31. The molecule has 6 rings (SSSR count). The molecule has 2 amide bonds. The third-order valence-corrected chi connectivity index (χ3v) is 8.22. The first-order chi connectivity index (χ1) is 19.4. The van der Waals surface area contributed by atoms with Crippen LogP contribution in [-0.2, 0) is 27.2 Å². The molecule has 1 aromatic heterocycles. The van der Waals surface area contributed by atoms with Crippen molar-refractivity contribution in [3.63, 3.8) is 0 Å². The molecular formula is C32H29N3O5. The minimum absolute atomic E-state index is 0.0348. The zero-order valence-electron chi connectivity index (χ0n) is 22.0. The van der Waals surface area contributed by atoms with Gasteiger partial charge in [0.05, 0.1) is 18.9 Å². The highest BCUT2D eigenvalue weighted by atomic mass is 16.5. The molecule has 0 bridgehead atoms. The summed E-state index contributed by atoms with van der Waals surface area (Å²) < 4.78 is 5.59. The Balaban J connectivity index is 1.43. The van der Waals surface area contributed by atoms with E-state index in [1.54, 1.807) is 18.3 Å². The molecule has 2 aliphatic heterocycles. The van der Waals surface area contributed by atoms with E-state index in [2.05, 4.69) is 10.3 Å². The minimum Gasteiger partial charge on any atom is -0.496 e. The lowest BCUT2D eigenvalue weighted by Crippen LogP contribution is -2.57. The number of imide groups is 1. The summed E-state index contributed by atoms with van der Waals surface area (Å²) in [5, 5.41) is 16.1. The lowest BCUT2D eigenvalue weighted by atomic mass is 9.76. The van der Waals surface area contributed by atoms with E-state index in [4.69, 9.17) is 4.74 Å². The molecule has 8 heteroatoms. The standard InChI is InChI=1S/C32H29N3O5/c1-40-25-12-5-4-11-24(25)28-26-27(30(37)35(29(26)36)17-15-23-10-6-7-16-33-23)32(34-28,31(38)39)19-20-13-14-21-8-2-3-9-22(21)18-20/h2-14,16,18,26-28,34H,15,17,19H2,1H3,(H,38,39). The van der Waals surface area contributed by atoms with Gasteiger partial charge in [0, 0.05) is 42.9 Å². The number of benzene rings is 3. The number of para-hydroxylation sites is 1. The van der Waals surface area contributed by atoms with E-state index in [1.807, 2.05) is 72.8 Å². The quantitative estimate of drug-likeness (QED) is 0.331. The molecule has 2 saturated heterocycles. The predicted octanol–water partition coefficient (Wildman–Crippen LogP) is 3.80. The molecule has 3 heterocycles. The van der Waals surface area contributed by atoms with Crippen LogP contribution in [0, 0.1) is 11.8 Å². The summed E-state index contributed by atoms with van der Waals surface area (Å²) in [6.07, 6.45) is 2.08. The van der Waals surface area contributed by atoms with Gasteiger partial charge in [0.25, 0.3) is 0 Å². The second kappa shape index (κ2) is 10.2. The number of fused-ring (bicyclic) bond motifs is 2. The van der Waals surface area contributed by atoms with Crippen LogP contribution >= 0.6 is 0 Å². The van der Waals surface area contributed by atoms with E-state index in [-0.39, 0.29) is 18.9 Å². The Labute approximate surface area is 231 Å². The van der Waals surface area contributed by atoms with Crippen molar-refractivity contribution in [2.24, 2.45) is 11.8 Å². The summed E-state index contributed by atoms with van der Waals surface area (Å²) in [5.41, 5.74) is 0.459. The fourth-order valence-corrected chi connectivity index (χ4v) is 6.35. The Morgan fingerprint density at radius 2 is 1.73 bits per heavy atom. The van der Waals surface area contributed by atoms with Crippen LogP contribution in [0.4, 0.5) is 0 Å². The van der Waals surface area contributed by atoms with Crippen LogP contribution < -0.4 is 10.1 Å². The molecule has 4 aromatic rings. The molecule has 0 aliphatic carbocycles. The molecule has 0 radical (unpaired) electrons. The number of methoxy groups -OCH3 is 1. The van der Waals surface area contributed by atoms with Gasteiger partial charge in [-0.2, -0.15) is 0 Å². The highest BCUT2D eigenvalue weighted by Crippen LogP contribution is 2.51. The smallest absolute Gasteiger partial charge is 0.325 e.